The van der Waals surface area contributed by atoms with Crippen LogP contribution in [0.3, 0.4) is 0 Å². The molecule has 2 aromatic rings. The van der Waals surface area contributed by atoms with Gasteiger partial charge in [-0.1, -0.05) is 30.3 Å². The molecule has 1 aromatic carbocycles. The second kappa shape index (κ2) is 4.85. The normalized spacial score (nSPS) is 10.3. The van der Waals surface area contributed by atoms with Gasteiger partial charge < -0.3 is 4.84 Å². The molecule has 0 aliphatic heterocycles. The predicted octanol–water partition coefficient (Wildman–Crippen LogP) is 2.77. The fraction of sp³-hybridized carbons (Fsp3) is 0.100. The molecule has 0 aliphatic rings. The zero-order valence-electron chi connectivity index (χ0n) is 7.73. The van der Waals surface area contributed by atoms with E-state index < -0.39 is 0 Å². The Bertz CT molecular complexity index is 424. The molecule has 0 unspecified atom stereocenters. The van der Waals surface area contributed by atoms with Crippen molar-refractivity contribution in [1.82, 2.24) is 9.71 Å². The molecule has 0 spiro atoms. The van der Waals surface area contributed by atoms with E-state index in [9.17, 15) is 0 Å². The molecule has 0 amide bonds. The van der Waals surface area contributed by atoms with Gasteiger partial charge in [0, 0.05) is 0 Å². The van der Waals surface area contributed by atoms with Crippen molar-refractivity contribution in [3.8, 4) is 0 Å². The molecule has 0 aliphatic carbocycles. The van der Waals surface area contributed by atoms with E-state index >= 15 is 0 Å². The van der Waals surface area contributed by atoms with Gasteiger partial charge in [0.15, 0.2) is 0 Å². The topological polar surface area (TPSA) is 27.1 Å². The van der Waals surface area contributed by atoms with Crippen molar-refractivity contribution in [2.75, 3.05) is 0 Å². The van der Waals surface area contributed by atoms with E-state index in [0.29, 0.717) is 11.9 Å². The first-order chi connectivity index (χ1) is 7.27. The number of hydrogen-bond donors (Lipinski definition) is 0. The highest BCUT2D eigenvalue weighted by Crippen LogP contribution is 2.11. The smallest absolute Gasteiger partial charge is 0.237 e. The van der Waals surface area contributed by atoms with E-state index in [-0.39, 0.29) is 0 Å². The van der Waals surface area contributed by atoms with Gasteiger partial charge in [0.05, 0.1) is 6.20 Å². The summed E-state index contributed by atoms with van der Waals surface area (Å²) in [6.45, 7) is 0.479. The SMILES string of the molecule is Clc1ncc(I)n1OCc1ccccc1. The zero-order chi connectivity index (χ0) is 10.7. The van der Waals surface area contributed by atoms with Gasteiger partial charge in [0.1, 0.15) is 10.3 Å². The minimum absolute atomic E-state index is 0.343. The highest BCUT2D eigenvalue weighted by molar-refractivity contribution is 14.1. The van der Waals surface area contributed by atoms with Crippen LogP contribution in [0.2, 0.25) is 5.28 Å². The van der Waals surface area contributed by atoms with E-state index in [1.54, 1.807) is 6.20 Å². The van der Waals surface area contributed by atoms with Crippen LogP contribution in [-0.2, 0) is 6.61 Å². The second-order valence-electron chi connectivity index (χ2n) is 2.90. The number of aromatic nitrogens is 2. The highest BCUT2D eigenvalue weighted by Gasteiger charge is 2.05. The van der Waals surface area contributed by atoms with Crippen molar-refractivity contribution in [1.29, 1.82) is 0 Å². The van der Waals surface area contributed by atoms with Gasteiger partial charge in [0.2, 0.25) is 5.28 Å². The summed E-state index contributed by atoms with van der Waals surface area (Å²) in [6, 6.07) is 9.91. The number of hydrogen-bond acceptors (Lipinski definition) is 2. The zero-order valence-corrected chi connectivity index (χ0v) is 10.6. The summed E-state index contributed by atoms with van der Waals surface area (Å²) >= 11 is 7.95. The van der Waals surface area contributed by atoms with Crippen LogP contribution in [0.25, 0.3) is 0 Å². The number of benzene rings is 1. The molecule has 1 heterocycles. The van der Waals surface area contributed by atoms with Crippen molar-refractivity contribution in [3.63, 3.8) is 0 Å². The molecule has 78 valence electrons. The molecule has 0 N–H and O–H groups in total. The van der Waals surface area contributed by atoms with Gasteiger partial charge in [-0.05, 0) is 39.8 Å². The Morgan fingerprint density at radius 3 is 2.67 bits per heavy atom. The molecule has 1 aromatic heterocycles. The number of nitrogens with zero attached hydrogens (tertiary/aromatic N) is 2. The van der Waals surface area contributed by atoms with Crippen LogP contribution in [0.4, 0.5) is 0 Å². The minimum Gasteiger partial charge on any atom is -0.406 e. The van der Waals surface area contributed by atoms with Crippen LogP contribution in [0.15, 0.2) is 36.5 Å². The van der Waals surface area contributed by atoms with Gasteiger partial charge in [-0.15, -0.1) is 4.73 Å². The van der Waals surface area contributed by atoms with Crippen molar-refractivity contribution < 1.29 is 4.84 Å². The Kier molecular flexibility index (Phi) is 3.48. The number of halogens is 2. The lowest BCUT2D eigenvalue weighted by Gasteiger charge is -2.07. The Hall–Kier alpha value is -0.750. The predicted molar refractivity (Wildman–Crippen MR) is 66.7 cm³/mol. The van der Waals surface area contributed by atoms with E-state index in [2.05, 4.69) is 27.6 Å². The summed E-state index contributed by atoms with van der Waals surface area (Å²) in [5.41, 5.74) is 1.10. The average molecular weight is 335 g/mol. The lowest BCUT2D eigenvalue weighted by atomic mass is 10.2. The fourth-order valence-corrected chi connectivity index (χ4v) is 1.97. The van der Waals surface area contributed by atoms with Crippen molar-refractivity contribution in [2.45, 2.75) is 6.61 Å². The molecule has 0 bridgehead atoms. The van der Waals surface area contributed by atoms with E-state index in [0.717, 1.165) is 9.26 Å². The van der Waals surface area contributed by atoms with Crippen LogP contribution in [0.5, 0.6) is 0 Å². The van der Waals surface area contributed by atoms with Gasteiger partial charge in [-0.3, -0.25) is 0 Å². The molecule has 0 radical (unpaired) electrons. The summed E-state index contributed by atoms with van der Waals surface area (Å²) in [5.74, 6) is 0. The molecule has 0 atom stereocenters. The molecule has 2 rings (SSSR count). The Labute approximate surface area is 106 Å². The Morgan fingerprint density at radius 2 is 2.07 bits per heavy atom. The van der Waals surface area contributed by atoms with Crippen molar-refractivity contribution >= 4 is 34.2 Å². The number of imidazole rings is 1. The summed E-state index contributed by atoms with van der Waals surface area (Å²) < 4.78 is 2.36. The highest BCUT2D eigenvalue weighted by atomic mass is 127. The van der Waals surface area contributed by atoms with Gasteiger partial charge in [-0.25, -0.2) is 4.98 Å². The second-order valence-corrected chi connectivity index (χ2v) is 4.35. The van der Waals surface area contributed by atoms with E-state index in [1.807, 2.05) is 30.3 Å². The Morgan fingerprint density at radius 1 is 1.33 bits per heavy atom. The first kappa shape index (κ1) is 10.8. The van der Waals surface area contributed by atoms with Crippen LogP contribution >= 0.6 is 34.2 Å². The third kappa shape index (κ3) is 2.63. The van der Waals surface area contributed by atoms with Crippen LogP contribution in [0, 0.1) is 3.70 Å². The molecule has 15 heavy (non-hydrogen) atoms. The fourth-order valence-electron chi connectivity index (χ4n) is 1.13. The maximum Gasteiger partial charge on any atom is 0.237 e. The molecule has 0 saturated heterocycles. The molecule has 5 heteroatoms. The lowest BCUT2D eigenvalue weighted by Crippen LogP contribution is -2.12. The van der Waals surface area contributed by atoms with Crippen molar-refractivity contribution in [2.24, 2.45) is 0 Å². The Balaban J connectivity index is 2.05. The maximum absolute atomic E-state index is 5.83. The molecular weight excluding hydrogens is 326 g/mol. The van der Waals surface area contributed by atoms with E-state index in [4.69, 9.17) is 16.4 Å². The first-order valence-corrected chi connectivity index (χ1v) is 5.79. The molecule has 0 saturated carbocycles. The largest absolute Gasteiger partial charge is 0.406 e. The monoisotopic (exact) mass is 334 g/mol. The van der Waals surface area contributed by atoms with Gasteiger partial charge in [-0.2, -0.15) is 0 Å². The molecular formula is C10H8ClIN2O. The number of rotatable bonds is 3. The standard InChI is InChI=1S/C10H8ClIN2O/c11-10-13-6-9(12)14(10)15-7-8-4-2-1-3-5-8/h1-6H,7H2. The van der Waals surface area contributed by atoms with Crippen LogP contribution in [0.1, 0.15) is 5.56 Å². The minimum atomic E-state index is 0.343. The third-order valence-electron chi connectivity index (χ3n) is 1.84. The summed E-state index contributed by atoms with van der Waals surface area (Å²) in [5, 5.41) is 0.343. The van der Waals surface area contributed by atoms with Crippen LogP contribution in [-0.4, -0.2) is 9.71 Å². The lowest BCUT2D eigenvalue weighted by molar-refractivity contribution is 0.0923. The van der Waals surface area contributed by atoms with Gasteiger partial charge >= 0.3 is 0 Å². The summed E-state index contributed by atoms with van der Waals surface area (Å²) in [6.07, 6.45) is 1.66. The van der Waals surface area contributed by atoms with Gasteiger partial charge in [0.25, 0.3) is 0 Å². The average Bonchev–Trinajstić information content (AvgIpc) is 2.58. The first-order valence-electron chi connectivity index (χ1n) is 4.33. The quantitative estimate of drug-likeness (QED) is 0.807. The molecule has 3 nitrogen and oxygen atoms in total. The summed E-state index contributed by atoms with van der Waals surface area (Å²) in [4.78, 5) is 9.43. The maximum atomic E-state index is 5.83. The van der Waals surface area contributed by atoms with Crippen LogP contribution < -0.4 is 4.84 Å². The molecule has 0 fully saturated rings. The van der Waals surface area contributed by atoms with E-state index in [1.165, 1.54) is 4.73 Å². The summed E-state index contributed by atoms with van der Waals surface area (Å²) in [7, 11) is 0. The van der Waals surface area contributed by atoms with Crippen molar-refractivity contribution in [3.05, 3.63) is 51.1 Å². The third-order valence-corrected chi connectivity index (χ3v) is 2.81.